The molecule has 0 aromatic rings. The summed E-state index contributed by atoms with van der Waals surface area (Å²) in [6.45, 7) is 3.92. The van der Waals surface area contributed by atoms with Crippen LogP contribution in [0.2, 0.25) is 0 Å². The topological polar surface area (TPSA) is 64.4 Å². The fourth-order valence-corrected chi connectivity index (χ4v) is 0.681. The van der Waals surface area contributed by atoms with Crippen LogP contribution in [-0.4, -0.2) is 19.1 Å². The average molecular weight is 160 g/mol. The minimum atomic E-state index is -0.472. The Morgan fingerprint density at radius 1 is 1.73 bits per heavy atom. The van der Waals surface area contributed by atoms with Gasteiger partial charge in [0.05, 0.1) is 13.2 Å². The summed E-state index contributed by atoms with van der Waals surface area (Å²) in [5.41, 5.74) is 7.76. The summed E-state index contributed by atoms with van der Waals surface area (Å²) < 4.78 is 0. The number of hydrogen-bond donors (Lipinski definition) is 2. The first-order valence-corrected chi connectivity index (χ1v) is 3.71. The smallest absolute Gasteiger partial charge is 0.260 e. The van der Waals surface area contributed by atoms with Crippen LogP contribution in [0.1, 0.15) is 20.3 Å². The highest BCUT2D eigenvalue weighted by atomic mass is 16.6. The Morgan fingerprint density at radius 3 is 2.64 bits per heavy atom. The van der Waals surface area contributed by atoms with Crippen LogP contribution in [0.15, 0.2) is 0 Å². The van der Waals surface area contributed by atoms with Crippen molar-refractivity contribution in [3.05, 3.63) is 0 Å². The Morgan fingerprint density at radius 2 is 2.27 bits per heavy atom. The third-order valence-electron chi connectivity index (χ3n) is 1.76. The first-order chi connectivity index (χ1) is 5.13. The molecule has 0 radical (unpaired) electrons. The molecule has 1 amide bonds. The van der Waals surface area contributed by atoms with Gasteiger partial charge in [0, 0.05) is 0 Å². The molecule has 0 bridgehead atoms. The van der Waals surface area contributed by atoms with Crippen LogP contribution in [0.25, 0.3) is 0 Å². The van der Waals surface area contributed by atoms with Gasteiger partial charge >= 0.3 is 0 Å². The van der Waals surface area contributed by atoms with Crippen LogP contribution in [0, 0.1) is 5.92 Å². The number of hydrogen-bond acceptors (Lipinski definition) is 3. The summed E-state index contributed by atoms with van der Waals surface area (Å²) in [5.74, 6) is -0.0769. The second-order valence-electron chi connectivity index (χ2n) is 2.58. The first-order valence-electron chi connectivity index (χ1n) is 3.71. The normalized spacial score (nSPS) is 15.6. The molecule has 0 aromatic carbocycles. The predicted octanol–water partition coefficient (Wildman–Crippen LogP) is 0.0374. The van der Waals surface area contributed by atoms with Gasteiger partial charge in [0.15, 0.2) is 0 Å². The summed E-state index contributed by atoms with van der Waals surface area (Å²) in [4.78, 5) is 15.4. The van der Waals surface area contributed by atoms with Crippen LogP contribution in [0.3, 0.4) is 0 Å². The van der Waals surface area contributed by atoms with Gasteiger partial charge in [-0.25, -0.2) is 5.48 Å². The van der Waals surface area contributed by atoms with Crippen molar-refractivity contribution in [2.75, 3.05) is 7.11 Å². The summed E-state index contributed by atoms with van der Waals surface area (Å²) in [7, 11) is 1.39. The maximum atomic E-state index is 11.0. The average Bonchev–Trinajstić information content (AvgIpc) is 2.02. The highest BCUT2D eigenvalue weighted by Crippen LogP contribution is 2.04. The molecular weight excluding hydrogens is 144 g/mol. The quantitative estimate of drug-likeness (QED) is 0.570. The zero-order chi connectivity index (χ0) is 8.85. The van der Waals surface area contributed by atoms with Crippen molar-refractivity contribution in [3.8, 4) is 0 Å². The lowest BCUT2D eigenvalue weighted by Gasteiger charge is -2.16. The fraction of sp³-hybridized carbons (Fsp3) is 0.857. The van der Waals surface area contributed by atoms with Gasteiger partial charge in [0.25, 0.3) is 5.91 Å². The molecule has 0 heterocycles. The fourth-order valence-electron chi connectivity index (χ4n) is 0.681. The third-order valence-corrected chi connectivity index (χ3v) is 1.76. The molecule has 0 rings (SSSR count). The molecule has 0 saturated carbocycles. The van der Waals surface area contributed by atoms with E-state index in [1.807, 2.05) is 13.8 Å². The van der Waals surface area contributed by atoms with E-state index in [9.17, 15) is 4.79 Å². The van der Waals surface area contributed by atoms with Crippen molar-refractivity contribution >= 4 is 5.91 Å². The molecule has 4 nitrogen and oxygen atoms in total. The number of nitrogens with two attached hydrogens (primary N) is 1. The monoisotopic (exact) mass is 160 g/mol. The Hall–Kier alpha value is -0.610. The van der Waals surface area contributed by atoms with E-state index in [0.717, 1.165) is 6.42 Å². The first kappa shape index (κ1) is 10.4. The van der Waals surface area contributed by atoms with E-state index in [1.165, 1.54) is 7.11 Å². The van der Waals surface area contributed by atoms with Gasteiger partial charge in [-0.1, -0.05) is 20.3 Å². The van der Waals surface area contributed by atoms with E-state index in [4.69, 9.17) is 5.73 Å². The molecule has 3 N–H and O–H groups in total. The minimum absolute atomic E-state index is 0.185. The molecule has 66 valence electrons. The summed E-state index contributed by atoms with van der Waals surface area (Å²) in [6.07, 6.45) is 0.887. The molecule has 0 fully saturated rings. The number of nitrogens with one attached hydrogen (secondary N) is 1. The van der Waals surface area contributed by atoms with E-state index in [1.54, 1.807) is 0 Å². The number of amides is 1. The molecule has 4 heteroatoms. The van der Waals surface area contributed by atoms with E-state index in [2.05, 4.69) is 10.3 Å². The second kappa shape index (κ2) is 5.09. The van der Waals surface area contributed by atoms with Crippen LogP contribution in [0.4, 0.5) is 0 Å². The molecule has 0 aliphatic rings. The van der Waals surface area contributed by atoms with Crippen molar-refractivity contribution in [2.24, 2.45) is 11.7 Å². The summed E-state index contributed by atoms with van der Waals surface area (Å²) in [5, 5.41) is 0. The number of carbonyl (C=O) groups is 1. The Bertz CT molecular complexity index is 128. The molecule has 2 atom stereocenters. The van der Waals surface area contributed by atoms with Crippen molar-refractivity contribution < 1.29 is 9.63 Å². The summed E-state index contributed by atoms with van der Waals surface area (Å²) in [6, 6.07) is -0.472. The maximum Gasteiger partial charge on any atom is 0.260 e. The molecule has 11 heavy (non-hydrogen) atoms. The Kier molecular flexibility index (Phi) is 4.81. The predicted molar refractivity (Wildman–Crippen MR) is 42.6 cm³/mol. The SMILES string of the molecule is CC[C@H](C)[C@H](N)C(=O)NOC. The van der Waals surface area contributed by atoms with Gasteiger partial charge in [-0.3, -0.25) is 9.63 Å². The van der Waals surface area contributed by atoms with Crippen LogP contribution < -0.4 is 11.2 Å². The van der Waals surface area contributed by atoms with Gasteiger partial charge in [0.2, 0.25) is 0 Å². The lowest BCUT2D eigenvalue weighted by molar-refractivity contribution is -0.133. The second-order valence-corrected chi connectivity index (χ2v) is 2.58. The van der Waals surface area contributed by atoms with Crippen molar-refractivity contribution in [1.82, 2.24) is 5.48 Å². The number of carbonyl (C=O) groups excluding carboxylic acids is 1. The zero-order valence-electron chi connectivity index (χ0n) is 7.26. The van der Waals surface area contributed by atoms with E-state index >= 15 is 0 Å². The Labute approximate surface area is 67.0 Å². The molecule has 0 aliphatic carbocycles. The minimum Gasteiger partial charge on any atom is -0.320 e. The van der Waals surface area contributed by atoms with E-state index < -0.39 is 6.04 Å². The maximum absolute atomic E-state index is 11.0. The van der Waals surface area contributed by atoms with Gasteiger partial charge in [0.1, 0.15) is 0 Å². The van der Waals surface area contributed by atoms with Gasteiger partial charge in [-0.05, 0) is 5.92 Å². The van der Waals surface area contributed by atoms with E-state index in [0.29, 0.717) is 0 Å². The van der Waals surface area contributed by atoms with Crippen molar-refractivity contribution in [1.29, 1.82) is 0 Å². The summed E-state index contributed by atoms with van der Waals surface area (Å²) >= 11 is 0. The molecule has 0 unspecified atom stereocenters. The molecule has 0 spiro atoms. The highest BCUT2D eigenvalue weighted by molar-refractivity contribution is 5.80. The van der Waals surface area contributed by atoms with Gasteiger partial charge in [-0.15, -0.1) is 0 Å². The molecule has 0 aliphatic heterocycles. The largest absolute Gasteiger partial charge is 0.320 e. The van der Waals surface area contributed by atoms with Crippen molar-refractivity contribution in [3.63, 3.8) is 0 Å². The molecular formula is C7H16N2O2. The van der Waals surface area contributed by atoms with Gasteiger partial charge in [-0.2, -0.15) is 0 Å². The van der Waals surface area contributed by atoms with Gasteiger partial charge < -0.3 is 5.73 Å². The van der Waals surface area contributed by atoms with Crippen LogP contribution in [0.5, 0.6) is 0 Å². The van der Waals surface area contributed by atoms with Crippen molar-refractivity contribution in [2.45, 2.75) is 26.3 Å². The lowest BCUT2D eigenvalue weighted by Crippen LogP contribution is -2.44. The van der Waals surface area contributed by atoms with Crippen LogP contribution in [-0.2, 0) is 9.63 Å². The lowest BCUT2D eigenvalue weighted by atomic mass is 10.00. The Balaban J connectivity index is 3.80. The number of rotatable bonds is 4. The number of hydroxylamine groups is 1. The zero-order valence-corrected chi connectivity index (χ0v) is 7.26. The standard InChI is InChI=1S/C7H16N2O2/c1-4-5(2)6(8)7(10)9-11-3/h5-6H,4,8H2,1-3H3,(H,9,10)/t5-,6-/m0/s1. The molecule has 0 saturated heterocycles. The van der Waals surface area contributed by atoms with Crippen LogP contribution >= 0.6 is 0 Å². The third kappa shape index (κ3) is 3.34. The van der Waals surface area contributed by atoms with E-state index in [-0.39, 0.29) is 11.8 Å². The highest BCUT2D eigenvalue weighted by Gasteiger charge is 2.18. The molecule has 0 aromatic heterocycles.